The van der Waals surface area contributed by atoms with Gasteiger partial charge in [-0.3, -0.25) is 10.1 Å². The van der Waals surface area contributed by atoms with E-state index in [4.69, 9.17) is 0 Å². The van der Waals surface area contributed by atoms with Gasteiger partial charge in [0.25, 0.3) is 0 Å². The van der Waals surface area contributed by atoms with Crippen LogP contribution in [0, 0.1) is 0 Å². The van der Waals surface area contributed by atoms with Crippen molar-refractivity contribution < 1.29 is 4.79 Å². The van der Waals surface area contributed by atoms with Crippen molar-refractivity contribution in [1.29, 1.82) is 0 Å². The summed E-state index contributed by atoms with van der Waals surface area (Å²) in [4.78, 5) is 20.4. The Labute approximate surface area is 98.7 Å². The highest BCUT2D eigenvalue weighted by atomic mass is 16.2. The number of hydrogen-bond donors (Lipinski definition) is 2. The van der Waals surface area contributed by atoms with Crippen molar-refractivity contribution in [2.45, 2.75) is 12.5 Å². The van der Waals surface area contributed by atoms with Gasteiger partial charge in [0.2, 0.25) is 5.91 Å². The first-order valence-corrected chi connectivity index (χ1v) is 5.48. The Morgan fingerprint density at radius 2 is 2.29 bits per heavy atom. The van der Waals surface area contributed by atoms with Gasteiger partial charge in [0.05, 0.1) is 5.69 Å². The molecule has 0 aliphatic carbocycles. The van der Waals surface area contributed by atoms with Gasteiger partial charge in [-0.05, 0) is 6.07 Å². The Kier molecular flexibility index (Phi) is 2.26. The molecular weight excluding hydrogens is 216 g/mol. The smallest absolute Gasteiger partial charge is 0.247 e. The summed E-state index contributed by atoms with van der Waals surface area (Å²) in [5.74, 6) is 0.608. The Morgan fingerprint density at radius 3 is 3.12 bits per heavy atom. The fourth-order valence-electron chi connectivity index (χ4n) is 2.00. The monoisotopic (exact) mass is 228 g/mol. The number of nitrogens with one attached hydrogen (secondary N) is 2. The van der Waals surface area contributed by atoms with Crippen LogP contribution in [0.1, 0.15) is 17.3 Å². The SMILES string of the molecule is C=C1CNC(c2ccc3c(n2)N=CC3)C(=O)N1. The van der Waals surface area contributed by atoms with E-state index < -0.39 is 6.04 Å². The molecule has 0 radical (unpaired) electrons. The first-order chi connectivity index (χ1) is 8.24. The van der Waals surface area contributed by atoms with E-state index >= 15 is 0 Å². The van der Waals surface area contributed by atoms with Crippen molar-refractivity contribution in [1.82, 2.24) is 15.6 Å². The predicted octanol–water partition coefficient (Wildman–Crippen LogP) is 0.614. The number of carbonyl (C=O) groups is 1. The molecule has 2 aliphatic rings. The van der Waals surface area contributed by atoms with Crippen LogP contribution in [0.5, 0.6) is 0 Å². The van der Waals surface area contributed by atoms with Crippen LogP contribution >= 0.6 is 0 Å². The standard InChI is InChI=1S/C12H12N4O/c1-7-6-14-10(12(17)15-7)9-3-2-8-4-5-13-11(8)16-9/h2-3,5,10,14H,1,4,6H2,(H,15,17). The number of aliphatic imine (C=N–C) groups is 1. The van der Waals surface area contributed by atoms with Crippen LogP contribution in [-0.4, -0.2) is 23.7 Å². The van der Waals surface area contributed by atoms with Crippen molar-refractivity contribution >= 4 is 17.9 Å². The van der Waals surface area contributed by atoms with E-state index in [0.717, 1.165) is 17.8 Å². The number of nitrogens with zero attached hydrogens (tertiary/aromatic N) is 2. The third-order valence-corrected chi connectivity index (χ3v) is 2.88. The highest BCUT2D eigenvalue weighted by molar-refractivity contribution is 5.85. The fraction of sp³-hybridized carbons (Fsp3) is 0.250. The maximum Gasteiger partial charge on any atom is 0.247 e. The minimum absolute atomic E-state index is 0.115. The third kappa shape index (κ3) is 1.74. The topological polar surface area (TPSA) is 66.4 Å². The van der Waals surface area contributed by atoms with Gasteiger partial charge < -0.3 is 5.32 Å². The quantitative estimate of drug-likeness (QED) is 0.740. The van der Waals surface area contributed by atoms with Crippen LogP contribution in [0.15, 0.2) is 29.4 Å². The summed E-state index contributed by atoms with van der Waals surface area (Å²) in [6, 6.07) is 3.43. The summed E-state index contributed by atoms with van der Waals surface area (Å²) in [5, 5.41) is 5.82. The van der Waals surface area contributed by atoms with Crippen LogP contribution in [0.2, 0.25) is 0 Å². The molecule has 0 aromatic carbocycles. The Morgan fingerprint density at radius 1 is 1.41 bits per heavy atom. The van der Waals surface area contributed by atoms with Crippen LogP contribution in [0.4, 0.5) is 5.82 Å². The number of carbonyl (C=O) groups excluding carboxylic acids is 1. The average Bonchev–Trinajstić information content (AvgIpc) is 2.75. The Balaban J connectivity index is 1.91. The van der Waals surface area contributed by atoms with Gasteiger partial charge in [0, 0.05) is 30.4 Å². The minimum Gasteiger partial charge on any atom is -0.327 e. The van der Waals surface area contributed by atoms with Crippen LogP contribution in [-0.2, 0) is 11.2 Å². The van der Waals surface area contributed by atoms with E-state index in [9.17, 15) is 4.79 Å². The van der Waals surface area contributed by atoms with Gasteiger partial charge in [-0.2, -0.15) is 0 Å². The molecule has 0 bridgehead atoms. The summed E-state index contributed by atoms with van der Waals surface area (Å²) in [6.07, 6.45) is 2.65. The Bertz CT molecular complexity index is 535. The lowest BCUT2D eigenvalue weighted by Gasteiger charge is -2.24. The molecule has 1 unspecified atom stereocenters. The highest BCUT2D eigenvalue weighted by Crippen LogP contribution is 2.24. The second kappa shape index (κ2) is 3.78. The first kappa shape index (κ1) is 10.2. The second-order valence-corrected chi connectivity index (χ2v) is 4.14. The summed E-state index contributed by atoms with van der Waals surface area (Å²) in [7, 11) is 0. The van der Waals surface area contributed by atoms with E-state index in [1.807, 2.05) is 18.3 Å². The molecule has 0 spiro atoms. The lowest BCUT2D eigenvalue weighted by Crippen LogP contribution is -2.45. The molecule has 2 aliphatic heterocycles. The van der Waals surface area contributed by atoms with Gasteiger partial charge >= 0.3 is 0 Å². The zero-order chi connectivity index (χ0) is 11.8. The number of aromatic nitrogens is 1. The molecule has 5 nitrogen and oxygen atoms in total. The molecule has 1 amide bonds. The number of fused-ring (bicyclic) bond motifs is 1. The minimum atomic E-state index is -0.415. The highest BCUT2D eigenvalue weighted by Gasteiger charge is 2.26. The number of hydrogen-bond acceptors (Lipinski definition) is 4. The van der Waals surface area contributed by atoms with E-state index in [1.54, 1.807) is 0 Å². The maximum atomic E-state index is 11.8. The van der Waals surface area contributed by atoms with Crippen LogP contribution in [0.25, 0.3) is 0 Å². The van der Waals surface area contributed by atoms with E-state index in [-0.39, 0.29) is 5.91 Å². The van der Waals surface area contributed by atoms with Crippen molar-refractivity contribution in [3.05, 3.63) is 35.7 Å². The zero-order valence-corrected chi connectivity index (χ0v) is 9.23. The molecule has 2 N–H and O–H groups in total. The van der Waals surface area contributed by atoms with Crippen LogP contribution in [0.3, 0.4) is 0 Å². The zero-order valence-electron chi connectivity index (χ0n) is 9.23. The van der Waals surface area contributed by atoms with Gasteiger partial charge in [0.1, 0.15) is 6.04 Å². The largest absolute Gasteiger partial charge is 0.327 e. The summed E-state index contributed by atoms with van der Waals surface area (Å²) in [6.45, 7) is 4.28. The molecule has 3 rings (SSSR count). The normalized spacial score (nSPS) is 22.5. The van der Waals surface area contributed by atoms with Crippen molar-refractivity contribution in [3.8, 4) is 0 Å². The van der Waals surface area contributed by atoms with E-state index in [2.05, 4.69) is 27.2 Å². The molecule has 3 heterocycles. The van der Waals surface area contributed by atoms with Gasteiger partial charge in [0.15, 0.2) is 5.82 Å². The van der Waals surface area contributed by atoms with Gasteiger partial charge in [-0.1, -0.05) is 12.6 Å². The summed E-state index contributed by atoms with van der Waals surface area (Å²) >= 11 is 0. The molecule has 1 atom stereocenters. The molecule has 1 aromatic heterocycles. The van der Waals surface area contributed by atoms with Crippen LogP contribution < -0.4 is 10.6 Å². The number of rotatable bonds is 1. The van der Waals surface area contributed by atoms with Crippen molar-refractivity contribution in [2.24, 2.45) is 4.99 Å². The lowest BCUT2D eigenvalue weighted by molar-refractivity contribution is -0.123. The lowest BCUT2D eigenvalue weighted by atomic mass is 10.1. The maximum absolute atomic E-state index is 11.8. The number of amides is 1. The molecule has 17 heavy (non-hydrogen) atoms. The molecule has 5 heteroatoms. The molecule has 86 valence electrons. The summed E-state index contributed by atoms with van der Waals surface area (Å²) in [5.41, 5.74) is 2.49. The van der Waals surface area contributed by atoms with E-state index in [0.29, 0.717) is 17.9 Å². The number of piperazine rings is 1. The molecule has 0 saturated carbocycles. The van der Waals surface area contributed by atoms with Gasteiger partial charge in [-0.25, -0.2) is 9.98 Å². The molecule has 1 aromatic rings. The van der Waals surface area contributed by atoms with Crippen molar-refractivity contribution in [3.63, 3.8) is 0 Å². The predicted molar refractivity (Wildman–Crippen MR) is 64.1 cm³/mol. The van der Waals surface area contributed by atoms with Crippen molar-refractivity contribution in [2.75, 3.05) is 6.54 Å². The summed E-state index contributed by atoms with van der Waals surface area (Å²) < 4.78 is 0. The third-order valence-electron chi connectivity index (χ3n) is 2.88. The molecule has 1 saturated heterocycles. The Hall–Kier alpha value is -2.01. The fourth-order valence-corrected chi connectivity index (χ4v) is 2.00. The molecular formula is C12H12N4O. The first-order valence-electron chi connectivity index (χ1n) is 5.48. The molecule has 1 fully saturated rings. The van der Waals surface area contributed by atoms with Gasteiger partial charge in [-0.15, -0.1) is 0 Å². The van der Waals surface area contributed by atoms with E-state index in [1.165, 1.54) is 0 Å². The second-order valence-electron chi connectivity index (χ2n) is 4.14. The average molecular weight is 228 g/mol. The number of pyridine rings is 1.